The summed E-state index contributed by atoms with van der Waals surface area (Å²) in [6.45, 7) is 10.2. The predicted octanol–water partition coefficient (Wildman–Crippen LogP) is 6.52. The van der Waals surface area contributed by atoms with Crippen molar-refractivity contribution < 1.29 is 9.59 Å². The summed E-state index contributed by atoms with van der Waals surface area (Å²) in [6, 6.07) is 25.5. The number of rotatable bonds is 3. The van der Waals surface area contributed by atoms with Crippen LogP contribution in [-0.4, -0.2) is 17.9 Å². The van der Waals surface area contributed by atoms with Crippen LogP contribution in [0.1, 0.15) is 68.6 Å². The molecule has 0 aromatic heterocycles. The van der Waals surface area contributed by atoms with Crippen LogP contribution in [0.5, 0.6) is 0 Å². The van der Waals surface area contributed by atoms with Crippen LogP contribution in [-0.2, 0) is 10.2 Å². The second-order valence-electron chi connectivity index (χ2n) is 9.89. The van der Waals surface area contributed by atoms with Gasteiger partial charge in [0, 0.05) is 29.9 Å². The first kappa shape index (κ1) is 22.8. The zero-order chi connectivity index (χ0) is 23.8. The van der Waals surface area contributed by atoms with E-state index in [1.807, 2.05) is 88.7 Å². The van der Waals surface area contributed by atoms with Crippen molar-refractivity contribution >= 4 is 23.2 Å². The summed E-state index contributed by atoms with van der Waals surface area (Å²) >= 11 is 0. The maximum absolute atomic E-state index is 13.7. The van der Waals surface area contributed by atoms with Crippen molar-refractivity contribution in [1.82, 2.24) is 0 Å². The molecule has 0 N–H and O–H groups in total. The molecule has 1 aliphatic rings. The molecule has 2 amide bonds. The van der Waals surface area contributed by atoms with E-state index in [2.05, 4.69) is 27.7 Å². The third-order valence-corrected chi connectivity index (χ3v) is 6.46. The number of carbonyl (C=O) groups excluding carboxylic acids is 2. The molecule has 170 valence electrons. The normalized spacial score (nSPS) is 17.9. The highest BCUT2D eigenvalue weighted by Gasteiger charge is 2.38. The summed E-state index contributed by atoms with van der Waals surface area (Å²) in [4.78, 5) is 30.2. The minimum absolute atomic E-state index is 0.00857. The molecular weight excluding hydrogens is 408 g/mol. The molecule has 1 aliphatic heterocycles. The van der Waals surface area contributed by atoms with E-state index in [0.717, 1.165) is 16.9 Å². The van der Waals surface area contributed by atoms with Crippen molar-refractivity contribution in [3.8, 4) is 0 Å². The van der Waals surface area contributed by atoms with Gasteiger partial charge in [0.15, 0.2) is 0 Å². The Morgan fingerprint density at radius 2 is 1.48 bits per heavy atom. The van der Waals surface area contributed by atoms with E-state index < -0.39 is 0 Å². The van der Waals surface area contributed by atoms with Crippen molar-refractivity contribution in [2.45, 2.75) is 58.5 Å². The first-order valence-electron chi connectivity index (χ1n) is 11.6. The van der Waals surface area contributed by atoms with Gasteiger partial charge >= 0.3 is 0 Å². The van der Waals surface area contributed by atoms with Crippen LogP contribution in [0, 0.1) is 0 Å². The second-order valence-corrected chi connectivity index (χ2v) is 9.89. The fourth-order valence-electron chi connectivity index (χ4n) is 4.76. The summed E-state index contributed by atoms with van der Waals surface area (Å²) in [5, 5.41) is 0. The van der Waals surface area contributed by atoms with Crippen molar-refractivity contribution in [2.75, 3.05) is 9.80 Å². The molecule has 0 saturated carbocycles. The van der Waals surface area contributed by atoms with E-state index in [1.54, 1.807) is 6.92 Å². The summed E-state index contributed by atoms with van der Waals surface area (Å²) in [6.07, 6.45) is 0.664. The monoisotopic (exact) mass is 440 g/mol. The Morgan fingerprint density at radius 3 is 2.09 bits per heavy atom. The molecule has 3 aromatic rings. The molecule has 3 aromatic carbocycles. The van der Waals surface area contributed by atoms with Gasteiger partial charge in [-0.3, -0.25) is 9.59 Å². The number of hydrogen-bond donors (Lipinski definition) is 0. The molecule has 0 radical (unpaired) electrons. The summed E-state index contributed by atoms with van der Waals surface area (Å²) in [5.74, 6) is -0.0197. The van der Waals surface area contributed by atoms with E-state index in [9.17, 15) is 9.59 Å². The van der Waals surface area contributed by atoms with Crippen LogP contribution in [0.3, 0.4) is 0 Å². The van der Waals surface area contributed by atoms with Crippen molar-refractivity contribution in [3.05, 3.63) is 95.6 Å². The third kappa shape index (κ3) is 4.43. The standard InChI is InChI=1S/C29H32N2O2/c1-20-19-27(31(21(2)32)24-11-7-6-8-12-24)25-13-9-10-14-26(25)30(20)28(33)22-15-17-23(18-16-22)29(3,4)5/h6-18,20,27H,19H2,1-5H3/t20-,27+/m1/s1. The first-order valence-corrected chi connectivity index (χ1v) is 11.6. The Kier molecular flexibility index (Phi) is 6.11. The Hall–Kier alpha value is -3.40. The summed E-state index contributed by atoms with van der Waals surface area (Å²) in [5.41, 5.74) is 4.64. The SMILES string of the molecule is CC(=O)N(c1ccccc1)[C@H]1C[C@@H](C)N(C(=O)c2ccc(C(C)(C)C)cc2)c2ccccc21. The van der Waals surface area contributed by atoms with E-state index in [4.69, 9.17) is 0 Å². The van der Waals surface area contributed by atoms with Crippen LogP contribution >= 0.6 is 0 Å². The van der Waals surface area contributed by atoms with Crippen LogP contribution < -0.4 is 9.80 Å². The average molecular weight is 441 g/mol. The van der Waals surface area contributed by atoms with Gasteiger partial charge in [0.05, 0.1) is 6.04 Å². The molecule has 0 unspecified atom stereocenters. The Morgan fingerprint density at radius 1 is 0.879 bits per heavy atom. The number of anilines is 2. The summed E-state index contributed by atoms with van der Waals surface area (Å²) < 4.78 is 0. The summed E-state index contributed by atoms with van der Waals surface area (Å²) in [7, 11) is 0. The van der Waals surface area contributed by atoms with Crippen LogP contribution in [0.4, 0.5) is 11.4 Å². The molecule has 4 rings (SSSR count). The number of nitrogens with zero attached hydrogens (tertiary/aromatic N) is 2. The lowest BCUT2D eigenvalue weighted by Gasteiger charge is -2.43. The van der Waals surface area contributed by atoms with E-state index in [1.165, 1.54) is 5.56 Å². The Bertz CT molecular complexity index is 1150. The molecule has 1 heterocycles. The molecule has 2 atom stereocenters. The largest absolute Gasteiger partial charge is 0.305 e. The molecule has 4 heteroatoms. The molecular formula is C29H32N2O2. The zero-order valence-electron chi connectivity index (χ0n) is 20.1. The highest BCUT2D eigenvalue weighted by Crippen LogP contribution is 2.42. The van der Waals surface area contributed by atoms with Gasteiger partial charge in [-0.2, -0.15) is 0 Å². The highest BCUT2D eigenvalue weighted by atomic mass is 16.2. The number of fused-ring (bicyclic) bond motifs is 1. The highest BCUT2D eigenvalue weighted by molar-refractivity contribution is 6.07. The maximum Gasteiger partial charge on any atom is 0.258 e. The minimum atomic E-state index is -0.136. The molecule has 0 spiro atoms. The molecule has 0 bridgehead atoms. The van der Waals surface area contributed by atoms with Gasteiger partial charge < -0.3 is 9.80 Å². The quantitative estimate of drug-likeness (QED) is 0.465. The molecule has 0 saturated heterocycles. The smallest absolute Gasteiger partial charge is 0.258 e. The van der Waals surface area contributed by atoms with Gasteiger partial charge in [-0.25, -0.2) is 0 Å². The molecule has 4 nitrogen and oxygen atoms in total. The lowest BCUT2D eigenvalue weighted by molar-refractivity contribution is -0.117. The topological polar surface area (TPSA) is 40.6 Å². The van der Waals surface area contributed by atoms with Gasteiger partial charge in [-0.1, -0.05) is 69.3 Å². The number of benzene rings is 3. The predicted molar refractivity (Wildman–Crippen MR) is 135 cm³/mol. The number of carbonyl (C=O) groups is 2. The van der Waals surface area contributed by atoms with E-state index >= 15 is 0 Å². The molecule has 0 fully saturated rings. The van der Waals surface area contributed by atoms with Gasteiger partial charge in [-0.15, -0.1) is 0 Å². The average Bonchev–Trinajstić information content (AvgIpc) is 2.79. The van der Waals surface area contributed by atoms with Crippen LogP contribution in [0.15, 0.2) is 78.9 Å². The Balaban J connectivity index is 1.73. The van der Waals surface area contributed by atoms with Crippen molar-refractivity contribution in [1.29, 1.82) is 0 Å². The number of hydrogen-bond acceptors (Lipinski definition) is 2. The molecule has 33 heavy (non-hydrogen) atoms. The van der Waals surface area contributed by atoms with Crippen LogP contribution in [0.25, 0.3) is 0 Å². The van der Waals surface area contributed by atoms with Crippen molar-refractivity contribution in [3.63, 3.8) is 0 Å². The van der Waals surface area contributed by atoms with Gasteiger partial charge in [0.2, 0.25) is 5.91 Å². The zero-order valence-corrected chi connectivity index (χ0v) is 20.1. The lowest BCUT2D eigenvalue weighted by atomic mass is 9.86. The van der Waals surface area contributed by atoms with Gasteiger partial charge in [-0.05, 0) is 60.2 Å². The number of para-hydroxylation sites is 2. The fraction of sp³-hybridized carbons (Fsp3) is 0.310. The third-order valence-electron chi connectivity index (χ3n) is 6.46. The molecule has 0 aliphatic carbocycles. The Labute approximate surface area is 196 Å². The second kappa shape index (κ2) is 8.86. The van der Waals surface area contributed by atoms with Crippen molar-refractivity contribution in [2.24, 2.45) is 0 Å². The fourth-order valence-corrected chi connectivity index (χ4v) is 4.76. The van der Waals surface area contributed by atoms with Crippen LogP contribution in [0.2, 0.25) is 0 Å². The van der Waals surface area contributed by atoms with Gasteiger partial charge in [0.1, 0.15) is 0 Å². The number of amides is 2. The maximum atomic E-state index is 13.7. The lowest BCUT2D eigenvalue weighted by Crippen LogP contribution is -2.47. The van der Waals surface area contributed by atoms with Gasteiger partial charge in [0.25, 0.3) is 5.91 Å². The van der Waals surface area contributed by atoms with E-state index in [0.29, 0.717) is 12.0 Å². The van der Waals surface area contributed by atoms with E-state index in [-0.39, 0.29) is 29.3 Å². The first-order chi connectivity index (χ1) is 15.7. The minimum Gasteiger partial charge on any atom is -0.305 e.